The minimum absolute atomic E-state index is 0.131. The van der Waals surface area contributed by atoms with Crippen LogP contribution >= 0.6 is 11.6 Å². The van der Waals surface area contributed by atoms with Crippen molar-refractivity contribution >= 4 is 23.2 Å². The molecule has 0 saturated heterocycles. The lowest BCUT2D eigenvalue weighted by molar-refractivity contribution is 0.0993. The predicted molar refractivity (Wildman–Crippen MR) is 68.1 cm³/mol. The van der Waals surface area contributed by atoms with Crippen LogP contribution in [0.3, 0.4) is 0 Å². The molecule has 0 amide bonds. The van der Waals surface area contributed by atoms with Gasteiger partial charge in [-0.2, -0.15) is 0 Å². The maximum absolute atomic E-state index is 12.7. The Bertz CT molecular complexity index is 584. The molecule has 0 saturated carbocycles. The first-order valence-corrected chi connectivity index (χ1v) is 5.63. The molecule has 92 valence electrons. The highest BCUT2D eigenvalue weighted by atomic mass is 35.5. The number of aromatic nitrogens is 1. The Morgan fingerprint density at radius 1 is 1.33 bits per heavy atom. The summed E-state index contributed by atoms with van der Waals surface area (Å²) in [5, 5.41) is 0.353. The summed E-state index contributed by atoms with van der Waals surface area (Å²) in [6.45, 7) is 0. The van der Waals surface area contributed by atoms with E-state index in [2.05, 4.69) is 4.98 Å². The van der Waals surface area contributed by atoms with Gasteiger partial charge in [0.2, 0.25) is 0 Å². The largest absolute Gasteiger partial charge is 0.383 e. The zero-order chi connectivity index (χ0) is 13.1. The third kappa shape index (κ3) is 2.84. The van der Waals surface area contributed by atoms with Gasteiger partial charge in [0, 0.05) is 12.6 Å². The van der Waals surface area contributed by atoms with E-state index in [0.717, 1.165) is 0 Å². The van der Waals surface area contributed by atoms with Gasteiger partial charge in [0.25, 0.3) is 0 Å². The molecule has 0 aliphatic carbocycles. The maximum atomic E-state index is 12.7. The maximum Gasteiger partial charge on any atom is 0.170 e. The van der Waals surface area contributed by atoms with Crippen molar-refractivity contribution in [2.24, 2.45) is 0 Å². The van der Waals surface area contributed by atoms with E-state index in [1.807, 2.05) is 0 Å². The second kappa shape index (κ2) is 5.14. The molecule has 0 spiro atoms. The third-order valence-electron chi connectivity index (χ3n) is 2.46. The Morgan fingerprint density at radius 2 is 2.00 bits per heavy atom. The highest BCUT2D eigenvalue weighted by molar-refractivity contribution is 6.31. The van der Waals surface area contributed by atoms with Gasteiger partial charge in [-0.05, 0) is 23.8 Å². The van der Waals surface area contributed by atoms with Crippen molar-refractivity contribution in [2.75, 3.05) is 5.73 Å². The molecule has 1 aromatic carbocycles. The average Bonchev–Trinajstić information content (AvgIpc) is 2.35. The molecule has 1 heterocycles. The number of pyridine rings is 1. The number of Topliss-reactive ketones (excluding diaryl/α,β-unsaturated/α-hetero) is 1. The van der Waals surface area contributed by atoms with Crippen molar-refractivity contribution in [3.63, 3.8) is 0 Å². The summed E-state index contributed by atoms with van der Waals surface area (Å²) in [5.41, 5.74) is 6.61. The summed E-state index contributed by atoms with van der Waals surface area (Å²) in [7, 11) is 0. The van der Waals surface area contributed by atoms with Crippen molar-refractivity contribution in [2.45, 2.75) is 6.42 Å². The number of carbonyl (C=O) groups excluding carboxylic acids is 1. The number of nitrogens with two attached hydrogens (primary N) is 1. The Morgan fingerprint density at radius 3 is 2.67 bits per heavy atom. The lowest BCUT2D eigenvalue weighted by atomic mass is 10.0. The standard InChI is InChI=1S/C13H10ClFN2O/c14-9-6-11(13(16)17-7-9)12(18)5-8-1-3-10(15)4-2-8/h1-4,6-7H,5H2,(H2,16,17). The molecule has 2 rings (SSSR count). The van der Waals surface area contributed by atoms with Crippen molar-refractivity contribution in [3.05, 3.63) is 58.5 Å². The first-order chi connectivity index (χ1) is 8.56. The number of anilines is 1. The number of hydrogen-bond donors (Lipinski definition) is 1. The van der Waals surface area contributed by atoms with Crippen molar-refractivity contribution in [1.82, 2.24) is 4.98 Å². The van der Waals surface area contributed by atoms with E-state index < -0.39 is 0 Å². The van der Waals surface area contributed by atoms with Gasteiger partial charge < -0.3 is 5.73 Å². The summed E-state index contributed by atoms with van der Waals surface area (Å²) in [5.74, 6) is -0.393. The van der Waals surface area contributed by atoms with Crippen LogP contribution in [0.5, 0.6) is 0 Å². The van der Waals surface area contributed by atoms with Crippen LogP contribution in [0.25, 0.3) is 0 Å². The molecular formula is C13H10ClFN2O. The molecule has 0 aliphatic rings. The molecule has 0 radical (unpaired) electrons. The molecular weight excluding hydrogens is 255 g/mol. The minimum atomic E-state index is -0.338. The van der Waals surface area contributed by atoms with Gasteiger partial charge in [0.15, 0.2) is 5.78 Å². The van der Waals surface area contributed by atoms with Gasteiger partial charge in [-0.25, -0.2) is 9.37 Å². The van der Waals surface area contributed by atoms with Gasteiger partial charge in [-0.3, -0.25) is 4.79 Å². The van der Waals surface area contributed by atoms with E-state index in [1.165, 1.54) is 24.4 Å². The van der Waals surface area contributed by atoms with Crippen LogP contribution in [0.1, 0.15) is 15.9 Å². The van der Waals surface area contributed by atoms with E-state index in [-0.39, 0.29) is 29.4 Å². The van der Waals surface area contributed by atoms with Gasteiger partial charge in [-0.15, -0.1) is 0 Å². The van der Waals surface area contributed by atoms with Crippen LogP contribution in [0.4, 0.5) is 10.2 Å². The number of rotatable bonds is 3. The van der Waals surface area contributed by atoms with E-state index in [1.54, 1.807) is 12.1 Å². The van der Waals surface area contributed by atoms with Gasteiger partial charge in [0.05, 0.1) is 10.6 Å². The second-order valence-corrected chi connectivity index (χ2v) is 4.25. The van der Waals surface area contributed by atoms with Gasteiger partial charge in [0.1, 0.15) is 11.6 Å². The first kappa shape index (κ1) is 12.5. The Kier molecular flexibility index (Phi) is 3.58. The molecule has 3 nitrogen and oxygen atoms in total. The fraction of sp³-hybridized carbons (Fsp3) is 0.0769. The fourth-order valence-corrected chi connectivity index (χ4v) is 1.71. The quantitative estimate of drug-likeness (QED) is 0.868. The topological polar surface area (TPSA) is 56.0 Å². The molecule has 0 unspecified atom stereocenters. The first-order valence-electron chi connectivity index (χ1n) is 5.25. The number of benzene rings is 1. The van der Waals surface area contributed by atoms with Crippen molar-refractivity contribution < 1.29 is 9.18 Å². The van der Waals surface area contributed by atoms with Crippen LogP contribution in [-0.4, -0.2) is 10.8 Å². The smallest absolute Gasteiger partial charge is 0.170 e. The van der Waals surface area contributed by atoms with Gasteiger partial charge >= 0.3 is 0 Å². The molecule has 0 fully saturated rings. The zero-order valence-electron chi connectivity index (χ0n) is 9.36. The molecule has 0 aliphatic heterocycles. The molecule has 1 aromatic heterocycles. The summed E-state index contributed by atoms with van der Waals surface area (Å²) in [6.07, 6.45) is 1.51. The molecule has 0 bridgehead atoms. The van der Waals surface area contributed by atoms with Crippen LogP contribution in [0.15, 0.2) is 36.5 Å². The highest BCUT2D eigenvalue weighted by Crippen LogP contribution is 2.17. The zero-order valence-corrected chi connectivity index (χ0v) is 10.1. The summed E-state index contributed by atoms with van der Waals surface area (Å²) < 4.78 is 12.7. The normalized spacial score (nSPS) is 10.3. The lowest BCUT2D eigenvalue weighted by Gasteiger charge is -2.04. The van der Waals surface area contributed by atoms with Crippen LogP contribution in [0, 0.1) is 5.82 Å². The lowest BCUT2D eigenvalue weighted by Crippen LogP contribution is -2.08. The number of ketones is 1. The molecule has 18 heavy (non-hydrogen) atoms. The SMILES string of the molecule is Nc1ncc(Cl)cc1C(=O)Cc1ccc(F)cc1. The number of halogens is 2. The molecule has 0 atom stereocenters. The number of carbonyl (C=O) groups is 1. The molecule has 2 aromatic rings. The fourth-order valence-electron chi connectivity index (χ4n) is 1.56. The third-order valence-corrected chi connectivity index (χ3v) is 2.67. The highest BCUT2D eigenvalue weighted by Gasteiger charge is 2.12. The van der Waals surface area contributed by atoms with Gasteiger partial charge in [-0.1, -0.05) is 23.7 Å². The minimum Gasteiger partial charge on any atom is -0.383 e. The van der Waals surface area contributed by atoms with Crippen LogP contribution < -0.4 is 5.73 Å². The van der Waals surface area contributed by atoms with E-state index >= 15 is 0 Å². The number of hydrogen-bond acceptors (Lipinski definition) is 3. The Hall–Kier alpha value is -1.94. The van der Waals surface area contributed by atoms with Crippen molar-refractivity contribution in [1.29, 1.82) is 0 Å². The number of nitrogens with zero attached hydrogens (tertiary/aromatic N) is 1. The second-order valence-electron chi connectivity index (χ2n) is 3.81. The average molecular weight is 265 g/mol. The van der Waals surface area contributed by atoms with Crippen molar-refractivity contribution in [3.8, 4) is 0 Å². The van der Waals surface area contributed by atoms with E-state index in [9.17, 15) is 9.18 Å². The Balaban J connectivity index is 2.21. The summed E-state index contributed by atoms with van der Waals surface area (Å²) in [6, 6.07) is 7.21. The predicted octanol–water partition coefficient (Wildman–Crippen LogP) is 2.88. The van der Waals surface area contributed by atoms with Crippen LogP contribution in [0.2, 0.25) is 5.02 Å². The summed E-state index contributed by atoms with van der Waals surface area (Å²) >= 11 is 5.76. The molecule has 5 heteroatoms. The molecule has 2 N–H and O–H groups in total. The monoisotopic (exact) mass is 264 g/mol. The number of nitrogen functional groups attached to an aromatic ring is 1. The Labute approximate surface area is 108 Å². The van der Waals surface area contributed by atoms with E-state index in [4.69, 9.17) is 17.3 Å². The summed E-state index contributed by atoms with van der Waals surface area (Å²) in [4.78, 5) is 15.8. The van der Waals surface area contributed by atoms with Crippen LogP contribution in [-0.2, 0) is 6.42 Å². The van der Waals surface area contributed by atoms with E-state index in [0.29, 0.717) is 10.6 Å².